The van der Waals surface area contributed by atoms with E-state index in [0.29, 0.717) is 24.9 Å². The second-order valence-corrected chi connectivity index (χ2v) is 13.2. The van der Waals surface area contributed by atoms with Crippen molar-refractivity contribution in [2.24, 2.45) is 11.3 Å². The van der Waals surface area contributed by atoms with Gasteiger partial charge in [-0.3, -0.25) is 24.0 Å². The molecule has 4 amide bonds. The Kier molecular flexibility index (Phi) is 9.09. The van der Waals surface area contributed by atoms with Crippen LogP contribution in [-0.2, 0) is 19.2 Å². The highest BCUT2D eigenvalue weighted by Gasteiger charge is 2.53. The summed E-state index contributed by atoms with van der Waals surface area (Å²) in [6.45, 7) is 13.2. The summed E-state index contributed by atoms with van der Waals surface area (Å²) >= 11 is 0. The van der Waals surface area contributed by atoms with Gasteiger partial charge in [-0.05, 0) is 61.3 Å². The van der Waals surface area contributed by atoms with Crippen LogP contribution in [0.5, 0.6) is 0 Å². The molecule has 0 saturated carbocycles. The number of ketones is 1. The zero-order chi connectivity index (χ0) is 30.1. The molecule has 10 nitrogen and oxygen atoms in total. The number of anilines is 1. The van der Waals surface area contributed by atoms with Gasteiger partial charge in [0.2, 0.25) is 17.7 Å². The molecule has 3 fully saturated rings. The number of Topliss-reactive ketones (excluding diaryl/α,β-unsaturated/α-hetero) is 1. The highest BCUT2D eigenvalue weighted by Crippen LogP contribution is 2.33. The van der Waals surface area contributed by atoms with E-state index in [9.17, 15) is 24.0 Å². The van der Waals surface area contributed by atoms with Crippen LogP contribution in [0.2, 0.25) is 0 Å². The summed E-state index contributed by atoms with van der Waals surface area (Å²) < 4.78 is 0. The van der Waals surface area contributed by atoms with Crippen LogP contribution in [0.1, 0.15) is 77.6 Å². The number of nitrogens with one attached hydrogen (secondary N) is 2. The van der Waals surface area contributed by atoms with E-state index in [1.807, 2.05) is 46.8 Å². The van der Waals surface area contributed by atoms with Gasteiger partial charge in [-0.25, -0.2) is 0 Å². The molecule has 1 aromatic carbocycles. The SMILES string of the molecule is CC(=O)NC(C(=O)N1CC(=O)C2C1CCN2C(=O)C(CC(C)C)NC(=O)c1ccc(N2CCCC2)cc1)C(C)(C)C. The van der Waals surface area contributed by atoms with E-state index in [1.54, 1.807) is 17.0 Å². The normalized spacial score (nSPS) is 22.1. The van der Waals surface area contributed by atoms with Crippen molar-refractivity contribution in [3.05, 3.63) is 29.8 Å². The van der Waals surface area contributed by atoms with Crippen LogP contribution in [0.15, 0.2) is 24.3 Å². The molecule has 1 aromatic rings. The van der Waals surface area contributed by atoms with Crippen molar-refractivity contribution in [3.63, 3.8) is 0 Å². The molecule has 0 bridgehead atoms. The molecule has 0 radical (unpaired) electrons. The Morgan fingerprint density at radius 3 is 2.12 bits per heavy atom. The van der Waals surface area contributed by atoms with E-state index in [-0.39, 0.29) is 41.9 Å². The Balaban J connectivity index is 1.48. The third-order valence-corrected chi connectivity index (χ3v) is 8.36. The monoisotopic (exact) mass is 567 g/mol. The van der Waals surface area contributed by atoms with Crippen LogP contribution in [-0.4, -0.2) is 89.6 Å². The van der Waals surface area contributed by atoms with Crippen LogP contribution < -0.4 is 15.5 Å². The Morgan fingerprint density at radius 1 is 0.927 bits per heavy atom. The van der Waals surface area contributed by atoms with E-state index < -0.39 is 29.6 Å². The van der Waals surface area contributed by atoms with Crippen molar-refractivity contribution >= 4 is 35.1 Å². The quantitative estimate of drug-likeness (QED) is 0.498. The Hall–Kier alpha value is -3.43. The number of hydrogen-bond donors (Lipinski definition) is 2. The minimum Gasteiger partial charge on any atom is -0.372 e. The number of carbonyl (C=O) groups excluding carboxylic acids is 5. The number of hydrogen-bond acceptors (Lipinski definition) is 6. The number of nitrogens with zero attached hydrogens (tertiary/aromatic N) is 3. The molecule has 3 aliphatic rings. The van der Waals surface area contributed by atoms with E-state index in [4.69, 9.17) is 0 Å². The lowest BCUT2D eigenvalue weighted by atomic mass is 9.85. The standard InChI is InChI=1S/C31H45N5O5/c1-19(2)17-23(33-28(39)21-9-11-22(12-10-21)34-14-7-8-15-34)29(40)35-16-13-24-26(35)25(38)18-36(24)30(41)27(31(4,5)6)32-20(3)37/h9-12,19,23-24,26-27H,7-8,13-18H2,1-6H3,(H,32,37)(H,33,39). The maximum atomic E-state index is 13.9. The van der Waals surface area contributed by atoms with Crippen molar-refractivity contribution in [2.75, 3.05) is 31.1 Å². The van der Waals surface area contributed by atoms with Gasteiger partial charge in [0.05, 0.1) is 12.6 Å². The van der Waals surface area contributed by atoms with Crippen molar-refractivity contribution in [1.82, 2.24) is 20.4 Å². The van der Waals surface area contributed by atoms with Gasteiger partial charge in [0, 0.05) is 37.8 Å². The number of likely N-dealkylation sites (tertiary alicyclic amines) is 2. The highest BCUT2D eigenvalue weighted by atomic mass is 16.2. The third kappa shape index (κ3) is 6.73. The largest absolute Gasteiger partial charge is 0.372 e. The first-order valence-electron chi connectivity index (χ1n) is 14.8. The average molecular weight is 568 g/mol. The van der Waals surface area contributed by atoms with E-state index in [2.05, 4.69) is 15.5 Å². The number of benzene rings is 1. The molecular weight excluding hydrogens is 522 g/mol. The number of rotatable bonds is 8. The Labute approximate surface area is 243 Å². The van der Waals surface area contributed by atoms with Crippen molar-refractivity contribution < 1.29 is 24.0 Å². The van der Waals surface area contributed by atoms with Gasteiger partial charge in [0.1, 0.15) is 18.1 Å². The summed E-state index contributed by atoms with van der Waals surface area (Å²) in [6.07, 6.45) is 3.22. The topological polar surface area (TPSA) is 119 Å². The third-order valence-electron chi connectivity index (χ3n) is 8.36. The Morgan fingerprint density at radius 2 is 1.56 bits per heavy atom. The highest BCUT2D eigenvalue weighted by molar-refractivity contribution is 6.01. The van der Waals surface area contributed by atoms with E-state index in [0.717, 1.165) is 18.8 Å². The summed E-state index contributed by atoms with van der Waals surface area (Å²) in [5.41, 5.74) is 1.01. The maximum Gasteiger partial charge on any atom is 0.251 e. The second kappa shape index (κ2) is 12.2. The molecule has 3 aliphatic heterocycles. The first-order valence-corrected chi connectivity index (χ1v) is 14.8. The molecule has 4 atom stereocenters. The predicted molar refractivity (Wildman–Crippen MR) is 156 cm³/mol. The van der Waals surface area contributed by atoms with Gasteiger partial charge in [0.15, 0.2) is 5.78 Å². The first-order chi connectivity index (χ1) is 19.3. The number of fused-ring (bicyclic) bond motifs is 1. The molecule has 2 N–H and O–H groups in total. The lowest BCUT2D eigenvalue weighted by molar-refractivity contribution is -0.140. The van der Waals surface area contributed by atoms with E-state index in [1.165, 1.54) is 24.7 Å². The smallest absolute Gasteiger partial charge is 0.251 e. The molecule has 4 rings (SSSR count). The van der Waals surface area contributed by atoms with Gasteiger partial charge < -0.3 is 25.3 Å². The van der Waals surface area contributed by atoms with Gasteiger partial charge >= 0.3 is 0 Å². The predicted octanol–water partition coefficient (Wildman–Crippen LogP) is 2.36. The molecule has 3 saturated heterocycles. The fourth-order valence-electron chi connectivity index (χ4n) is 6.31. The molecule has 0 spiro atoms. The summed E-state index contributed by atoms with van der Waals surface area (Å²) in [4.78, 5) is 71.1. The lowest BCUT2D eigenvalue weighted by Crippen LogP contribution is -2.56. The van der Waals surface area contributed by atoms with Crippen molar-refractivity contribution in [3.8, 4) is 0 Å². The zero-order valence-electron chi connectivity index (χ0n) is 25.2. The molecule has 0 aromatic heterocycles. The minimum absolute atomic E-state index is 0.102. The first kappa shape index (κ1) is 30.5. The van der Waals surface area contributed by atoms with Gasteiger partial charge in [-0.1, -0.05) is 34.6 Å². The summed E-state index contributed by atoms with van der Waals surface area (Å²) in [5.74, 6) is -1.33. The van der Waals surface area contributed by atoms with E-state index >= 15 is 0 Å². The van der Waals surface area contributed by atoms with Crippen molar-refractivity contribution in [1.29, 1.82) is 0 Å². The van der Waals surface area contributed by atoms with Gasteiger partial charge in [-0.2, -0.15) is 0 Å². The van der Waals surface area contributed by atoms with Crippen LogP contribution in [0.25, 0.3) is 0 Å². The fourth-order valence-corrected chi connectivity index (χ4v) is 6.31. The van der Waals surface area contributed by atoms with Crippen LogP contribution >= 0.6 is 0 Å². The average Bonchev–Trinajstić information content (AvgIpc) is 3.64. The van der Waals surface area contributed by atoms with Gasteiger partial charge in [-0.15, -0.1) is 0 Å². The molecule has 224 valence electrons. The van der Waals surface area contributed by atoms with Crippen molar-refractivity contribution in [2.45, 2.75) is 91.4 Å². The molecule has 10 heteroatoms. The minimum atomic E-state index is -0.793. The summed E-state index contributed by atoms with van der Waals surface area (Å²) in [6, 6.07) is 4.67. The zero-order valence-corrected chi connectivity index (χ0v) is 25.2. The number of amides is 4. The van der Waals surface area contributed by atoms with Crippen LogP contribution in [0.4, 0.5) is 5.69 Å². The summed E-state index contributed by atoms with van der Waals surface area (Å²) in [7, 11) is 0. The van der Waals surface area contributed by atoms with Crippen LogP contribution in [0.3, 0.4) is 0 Å². The maximum absolute atomic E-state index is 13.9. The van der Waals surface area contributed by atoms with Gasteiger partial charge in [0.25, 0.3) is 5.91 Å². The Bertz CT molecular complexity index is 1170. The molecule has 4 unspecified atom stereocenters. The molecule has 41 heavy (non-hydrogen) atoms. The number of carbonyl (C=O) groups is 5. The fraction of sp³-hybridized carbons (Fsp3) is 0.645. The molecule has 0 aliphatic carbocycles. The van der Waals surface area contributed by atoms with Crippen LogP contribution in [0, 0.1) is 11.3 Å². The molecular formula is C31H45N5O5. The summed E-state index contributed by atoms with van der Waals surface area (Å²) in [5, 5.41) is 5.68. The molecule has 3 heterocycles. The lowest BCUT2D eigenvalue weighted by Gasteiger charge is -2.35. The second-order valence-electron chi connectivity index (χ2n) is 13.2.